The molecule has 0 saturated carbocycles. The van der Waals surface area contributed by atoms with Crippen molar-refractivity contribution in [3.63, 3.8) is 0 Å². The third-order valence-corrected chi connectivity index (χ3v) is 4.86. The summed E-state index contributed by atoms with van der Waals surface area (Å²) in [5.74, 6) is 0.822. The van der Waals surface area contributed by atoms with Gasteiger partial charge >= 0.3 is 0 Å². The van der Waals surface area contributed by atoms with Gasteiger partial charge in [-0.2, -0.15) is 0 Å². The number of nitrogens with one attached hydrogen (secondary N) is 2. The van der Waals surface area contributed by atoms with E-state index in [0.717, 1.165) is 50.5 Å². The average Bonchev–Trinajstić information content (AvgIpc) is 2.64. The number of sulfone groups is 1. The van der Waals surface area contributed by atoms with Crippen molar-refractivity contribution in [1.82, 2.24) is 20.2 Å². The van der Waals surface area contributed by atoms with Crippen LogP contribution in [0.4, 0.5) is 0 Å². The third-order valence-electron chi connectivity index (χ3n) is 3.73. The molecule has 1 saturated heterocycles. The van der Waals surface area contributed by atoms with Gasteiger partial charge in [0.2, 0.25) is 0 Å². The molecule has 0 amide bonds. The van der Waals surface area contributed by atoms with Crippen molar-refractivity contribution < 1.29 is 8.42 Å². The Morgan fingerprint density at radius 3 is 2.95 bits per heavy atom. The fourth-order valence-corrected chi connectivity index (χ4v) is 3.54. The first-order valence-electron chi connectivity index (χ1n) is 7.15. The van der Waals surface area contributed by atoms with Gasteiger partial charge in [-0.3, -0.25) is 4.90 Å². The van der Waals surface area contributed by atoms with E-state index in [0.29, 0.717) is 10.4 Å². The molecule has 7 heteroatoms. The highest BCUT2D eigenvalue weighted by Crippen LogP contribution is 2.21. The largest absolute Gasteiger partial charge is 0.341 e. The number of aromatic amines is 1. The zero-order valence-electron chi connectivity index (χ0n) is 12.1. The summed E-state index contributed by atoms with van der Waals surface area (Å²) < 4.78 is 23.6. The first-order valence-corrected chi connectivity index (χ1v) is 9.04. The molecule has 0 bridgehead atoms. The van der Waals surface area contributed by atoms with Crippen molar-refractivity contribution in [3.8, 4) is 0 Å². The number of hydrogen-bond donors (Lipinski definition) is 2. The number of imidazole rings is 1. The van der Waals surface area contributed by atoms with E-state index in [9.17, 15) is 8.42 Å². The summed E-state index contributed by atoms with van der Waals surface area (Å²) in [4.78, 5) is 10.4. The molecule has 1 fully saturated rings. The summed E-state index contributed by atoms with van der Waals surface area (Å²) in [7, 11) is -3.26. The molecular formula is C14H20N4O2S. The number of rotatable bonds is 3. The average molecular weight is 308 g/mol. The Kier molecular flexibility index (Phi) is 3.97. The quantitative estimate of drug-likeness (QED) is 0.875. The van der Waals surface area contributed by atoms with Crippen LogP contribution >= 0.6 is 0 Å². The summed E-state index contributed by atoms with van der Waals surface area (Å²) in [6.45, 7) is 4.77. The van der Waals surface area contributed by atoms with Gasteiger partial charge in [0.05, 0.1) is 17.0 Å². The van der Waals surface area contributed by atoms with Crippen LogP contribution < -0.4 is 5.32 Å². The predicted molar refractivity (Wildman–Crippen MR) is 82.0 cm³/mol. The Morgan fingerprint density at radius 2 is 2.14 bits per heavy atom. The van der Waals surface area contributed by atoms with Gasteiger partial charge < -0.3 is 10.3 Å². The monoisotopic (exact) mass is 308 g/mol. The zero-order chi connectivity index (χ0) is 14.9. The SMILES string of the molecule is CS(=O)(=O)c1cccc2[nH]c(CN3CCCNCC3)nc12. The van der Waals surface area contributed by atoms with Crippen LogP contribution in [0.5, 0.6) is 0 Å². The van der Waals surface area contributed by atoms with Crippen molar-refractivity contribution in [3.05, 3.63) is 24.0 Å². The van der Waals surface area contributed by atoms with E-state index < -0.39 is 9.84 Å². The molecule has 2 N–H and O–H groups in total. The number of hydrogen-bond acceptors (Lipinski definition) is 5. The van der Waals surface area contributed by atoms with Crippen LogP contribution in [0.1, 0.15) is 12.2 Å². The van der Waals surface area contributed by atoms with E-state index in [1.807, 2.05) is 6.07 Å². The molecule has 1 aliphatic heterocycles. The van der Waals surface area contributed by atoms with Gasteiger partial charge in [-0.15, -0.1) is 0 Å². The van der Waals surface area contributed by atoms with E-state index in [2.05, 4.69) is 20.2 Å². The Morgan fingerprint density at radius 1 is 1.29 bits per heavy atom. The normalized spacial score (nSPS) is 18.0. The van der Waals surface area contributed by atoms with Gasteiger partial charge in [-0.25, -0.2) is 13.4 Å². The van der Waals surface area contributed by atoms with Crippen LogP contribution in [0.2, 0.25) is 0 Å². The predicted octanol–water partition coefficient (Wildman–Crippen LogP) is 0.762. The highest BCUT2D eigenvalue weighted by atomic mass is 32.2. The minimum Gasteiger partial charge on any atom is -0.341 e. The maximum atomic E-state index is 11.8. The van der Waals surface area contributed by atoms with Crippen LogP contribution in [-0.2, 0) is 16.4 Å². The second-order valence-electron chi connectivity index (χ2n) is 5.49. The molecule has 0 unspecified atom stereocenters. The van der Waals surface area contributed by atoms with E-state index in [1.165, 1.54) is 6.26 Å². The summed E-state index contributed by atoms with van der Waals surface area (Å²) in [5.41, 5.74) is 1.32. The Bertz CT molecular complexity index is 731. The molecule has 2 heterocycles. The smallest absolute Gasteiger partial charge is 0.177 e. The zero-order valence-corrected chi connectivity index (χ0v) is 12.9. The molecule has 1 aliphatic rings. The summed E-state index contributed by atoms with van der Waals surface area (Å²) in [6, 6.07) is 5.22. The van der Waals surface area contributed by atoms with Gasteiger partial charge in [0.15, 0.2) is 9.84 Å². The molecule has 6 nitrogen and oxygen atoms in total. The number of fused-ring (bicyclic) bond motifs is 1. The lowest BCUT2D eigenvalue weighted by atomic mass is 10.3. The molecule has 114 valence electrons. The molecule has 1 aromatic heterocycles. The summed E-state index contributed by atoms with van der Waals surface area (Å²) in [6.07, 6.45) is 2.34. The molecule has 21 heavy (non-hydrogen) atoms. The highest BCUT2D eigenvalue weighted by molar-refractivity contribution is 7.91. The number of benzene rings is 1. The first kappa shape index (κ1) is 14.5. The molecule has 0 aliphatic carbocycles. The van der Waals surface area contributed by atoms with Gasteiger partial charge in [-0.05, 0) is 31.6 Å². The second-order valence-corrected chi connectivity index (χ2v) is 7.47. The minimum atomic E-state index is -3.26. The van der Waals surface area contributed by atoms with Gasteiger partial charge in [0, 0.05) is 19.3 Å². The molecule has 0 radical (unpaired) electrons. The Balaban J connectivity index is 1.90. The van der Waals surface area contributed by atoms with Crippen molar-refractivity contribution in [1.29, 1.82) is 0 Å². The number of nitrogens with zero attached hydrogens (tertiary/aromatic N) is 2. The molecule has 3 rings (SSSR count). The second kappa shape index (κ2) is 5.75. The Hall–Kier alpha value is -1.44. The number of para-hydroxylation sites is 1. The maximum Gasteiger partial charge on any atom is 0.177 e. The fourth-order valence-electron chi connectivity index (χ4n) is 2.70. The summed E-state index contributed by atoms with van der Waals surface area (Å²) >= 11 is 0. The van der Waals surface area contributed by atoms with Gasteiger partial charge in [0.25, 0.3) is 0 Å². The van der Waals surface area contributed by atoms with Crippen LogP contribution in [-0.4, -0.2) is 55.7 Å². The van der Waals surface area contributed by atoms with Crippen LogP contribution in [0.3, 0.4) is 0 Å². The standard InChI is InChI=1S/C14H20N4O2S/c1-21(19,20)12-5-2-4-11-14(12)17-13(16-11)10-18-8-3-6-15-7-9-18/h2,4-5,15H,3,6-10H2,1H3,(H,16,17). The van der Waals surface area contributed by atoms with E-state index >= 15 is 0 Å². The van der Waals surface area contributed by atoms with E-state index in [4.69, 9.17) is 0 Å². The number of H-pyrrole nitrogens is 1. The molecular weight excluding hydrogens is 288 g/mol. The van der Waals surface area contributed by atoms with Crippen LogP contribution in [0.25, 0.3) is 11.0 Å². The first-order chi connectivity index (χ1) is 10.0. The summed E-state index contributed by atoms with van der Waals surface area (Å²) in [5, 5.41) is 3.37. The van der Waals surface area contributed by atoms with E-state index in [-0.39, 0.29) is 0 Å². The molecule has 1 aromatic carbocycles. The fraction of sp³-hybridized carbons (Fsp3) is 0.500. The molecule has 2 aromatic rings. The van der Waals surface area contributed by atoms with Crippen LogP contribution in [0.15, 0.2) is 23.1 Å². The molecule has 0 spiro atoms. The van der Waals surface area contributed by atoms with Crippen molar-refractivity contribution in [2.75, 3.05) is 32.4 Å². The Labute approximate surface area is 124 Å². The highest BCUT2D eigenvalue weighted by Gasteiger charge is 2.16. The van der Waals surface area contributed by atoms with E-state index in [1.54, 1.807) is 12.1 Å². The topological polar surface area (TPSA) is 78.1 Å². The lowest BCUT2D eigenvalue weighted by Crippen LogP contribution is -2.28. The molecule has 0 atom stereocenters. The van der Waals surface area contributed by atoms with Crippen LogP contribution in [0, 0.1) is 0 Å². The van der Waals surface area contributed by atoms with Crippen molar-refractivity contribution in [2.24, 2.45) is 0 Å². The third kappa shape index (κ3) is 3.25. The lowest BCUT2D eigenvalue weighted by molar-refractivity contribution is 0.278. The lowest BCUT2D eigenvalue weighted by Gasteiger charge is -2.17. The van der Waals surface area contributed by atoms with Crippen molar-refractivity contribution in [2.45, 2.75) is 17.9 Å². The minimum absolute atomic E-state index is 0.292. The maximum absolute atomic E-state index is 11.8. The number of aromatic nitrogens is 2. The van der Waals surface area contributed by atoms with Gasteiger partial charge in [-0.1, -0.05) is 6.07 Å². The van der Waals surface area contributed by atoms with Gasteiger partial charge in [0.1, 0.15) is 11.3 Å². The van der Waals surface area contributed by atoms with Crippen molar-refractivity contribution >= 4 is 20.9 Å².